The molecule has 1 aromatic carbocycles. The van der Waals surface area contributed by atoms with Crippen LogP contribution in [0.25, 0.3) is 11.2 Å². The maximum absolute atomic E-state index is 12.2. The lowest BCUT2D eigenvalue weighted by Crippen LogP contribution is -2.45. The predicted octanol–water partition coefficient (Wildman–Crippen LogP) is -0.654. The summed E-state index contributed by atoms with van der Waals surface area (Å²) in [6.07, 6.45) is -2.69. The minimum atomic E-state index is -4.38. The maximum Gasteiger partial charge on any atom is 0.301 e. The summed E-state index contributed by atoms with van der Waals surface area (Å²) in [4.78, 5) is 26.4. The maximum atomic E-state index is 12.2. The standard InChI is InChI=1S/C17H19N7O7S.C6H15N/c18-14-11-15(20-6-19-14)24(7-21-11)17-13(27)12(26)10(31-17)5-22-32(29,30)23-16(28)8-3-1-2-4-9(8)25;1-4-7(5-2)6-3/h1-4,6-7,10,12-13,17,22,25-27H,5H2,(H,23,28)(H2,18,19,20);4-6H2,1-3H3/t10-,12-,13-,17-;/m1./s1. The van der Waals surface area contributed by atoms with E-state index in [0.29, 0.717) is 0 Å². The molecule has 214 valence electrons. The molecule has 4 atom stereocenters. The third-order valence-corrected chi connectivity index (χ3v) is 7.19. The van der Waals surface area contributed by atoms with Crippen molar-refractivity contribution in [2.75, 3.05) is 31.9 Å². The molecular formula is C23H34N8O7S. The quantitative estimate of drug-likeness (QED) is 0.190. The molecule has 3 heterocycles. The van der Waals surface area contributed by atoms with Gasteiger partial charge in [0.1, 0.15) is 35.9 Å². The molecule has 15 nitrogen and oxygen atoms in total. The van der Waals surface area contributed by atoms with Gasteiger partial charge in [0, 0.05) is 6.54 Å². The summed E-state index contributed by atoms with van der Waals surface area (Å²) in [5.74, 6) is -1.33. The number of phenols is 1. The average Bonchev–Trinajstić information content (AvgIpc) is 3.46. The van der Waals surface area contributed by atoms with Gasteiger partial charge < -0.3 is 30.7 Å². The van der Waals surface area contributed by atoms with Crippen LogP contribution in [0.2, 0.25) is 0 Å². The molecule has 0 spiro atoms. The number of amides is 1. The number of ether oxygens (including phenoxy) is 1. The average molecular weight is 567 g/mol. The SMILES string of the molecule is CCN(CC)CC.Nc1ncnc2c1ncn2[C@@H]1O[C@H](CNS(=O)(=O)NC(=O)c2ccccc2O)[C@@H](O)[C@H]1O. The Hall–Kier alpha value is -3.41. The monoisotopic (exact) mass is 566 g/mol. The number of aliphatic hydroxyl groups excluding tert-OH is 2. The van der Waals surface area contributed by atoms with Crippen molar-refractivity contribution in [1.82, 2.24) is 33.9 Å². The number of carbonyl (C=O) groups is 1. The van der Waals surface area contributed by atoms with E-state index in [1.807, 2.05) is 0 Å². The van der Waals surface area contributed by atoms with E-state index in [-0.39, 0.29) is 22.5 Å². The number of para-hydroxylation sites is 1. The summed E-state index contributed by atoms with van der Waals surface area (Å²) < 4.78 is 35.2. The van der Waals surface area contributed by atoms with Gasteiger partial charge in [-0.1, -0.05) is 32.9 Å². The number of benzene rings is 1. The van der Waals surface area contributed by atoms with E-state index in [0.717, 1.165) is 0 Å². The first-order valence-corrected chi connectivity index (χ1v) is 13.8. The fourth-order valence-electron chi connectivity index (χ4n) is 3.93. The van der Waals surface area contributed by atoms with Gasteiger partial charge >= 0.3 is 10.2 Å². The van der Waals surface area contributed by atoms with Crippen LogP contribution in [-0.4, -0.2) is 98.6 Å². The molecule has 0 unspecified atom stereocenters. The second kappa shape index (κ2) is 13.1. The van der Waals surface area contributed by atoms with E-state index in [2.05, 4.69) is 45.3 Å². The number of nitrogens with one attached hydrogen (secondary N) is 2. The summed E-state index contributed by atoms with van der Waals surface area (Å²) >= 11 is 0. The number of phenolic OH excluding ortho intramolecular Hbond substituents is 1. The van der Waals surface area contributed by atoms with E-state index in [9.17, 15) is 28.5 Å². The number of nitrogens with zero attached hydrogens (tertiary/aromatic N) is 5. The summed E-state index contributed by atoms with van der Waals surface area (Å²) in [5.41, 5.74) is 6.03. The lowest BCUT2D eigenvalue weighted by molar-refractivity contribution is -0.0330. The topological polar surface area (TPSA) is 218 Å². The molecule has 0 aliphatic carbocycles. The van der Waals surface area contributed by atoms with Gasteiger partial charge in [-0.25, -0.2) is 19.7 Å². The number of aliphatic hydroxyl groups is 2. The van der Waals surface area contributed by atoms with Crippen LogP contribution in [0, 0.1) is 0 Å². The van der Waals surface area contributed by atoms with Crippen molar-refractivity contribution in [2.24, 2.45) is 0 Å². The summed E-state index contributed by atoms with van der Waals surface area (Å²) in [6.45, 7) is 9.65. The number of carbonyl (C=O) groups excluding carboxylic acids is 1. The van der Waals surface area contributed by atoms with Crippen molar-refractivity contribution in [3.63, 3.8) is 0 Å². The second-order valence-electron chi connectivity index (χ2n) is 8.55. The number of aromatic hydroxyl groups is 1. The number of hydrogen-bond donors (Lipinski definition) is 6. The lowest BCUT2D eigenvalue weighted by atomic mass is 10.1. The number of nitrogen functional groups attached to an aromatic ring is 1. The lowest BCUT2D eigenvalue weighted by Gasteiger charge is -2.16. The largest absolute Gasteiger partial charge is 0.507 e. The van der Waals surface area contributed by atoms with Crippen molar-refractivity contribution < 1.29 is 33.3 Å². The normalized spacial score (nSPS) is 21.1. The number of imidazole rings is 1. The van der Waals surface area contributed by atoms with Crippen LogP contribution in [0.1, 0.15) is 37.4 Å². The Morgan fingerprint density at radius 1 is 1.10 bits per heavy atom. The van der Waals surface area contributed by atoms with Gasteiger partial charge in [0.05, 0.1) is 11.9 Å². The second-order valence-corrected chi connectivity index (χ2v) is 10.0. The Morgan fingerprint density at radius 3 is 2.38 bits per heavy atom. The smallest absolute Gasteiger partial charge is 0.301 e. The highest BCUT2D eigenvalue weighted by molar-refractivity contribution is 7.88. The Balaban J connectivity index is 0.000000532. The van der Waals surface area contributed by atoms with E-state index in [1.54, 1.807) is 4.72 Å². The summed E-state index contributed by atoms with van der Waals surface area (Å²) in [7, 11) is -4.38. The van der Waals surface area contributed by atoms with Crippen LogP contribution in [0.5, 0.6) is 5.75 Å². The number of fused-ring (bicyclic) bond motifs is 1. The summed E-state index contributed by atoms with van der Waals surface area (Å²) in [5, 5.41) is 30.4. The molecule has 1 amide bonds. The molecule has 0 saturated carbocycles. The number of anilines is 1. The molecule has 0 bridgehead atoms. The third-order valence-electron chi connectivity index (χ3n) is 6.19. The minimum Gasteiger partial charge on any atom is -0.507 e. The third kappa shape index (κ3) is 7.17. The number of hydrogen-bond acceptors (Lipinski definition) is 12. The van der Waals surface area contributed by atoms with Gasteiger partial charge in [-0.15, -0.1) is 0 Å². The predicted molar refractivity (Wildman–Crippen MR) is 142 cm³/mol. The fourth-order valence-corrected chi connectivity index (χ4v) is 4.74. The Bertz CT molecular complexity index is 1360. The zero-order chi connectivity index (χ0) is 28.7. The number of aromatic nitrogens is 4. The highest BCUT2D eigenvalue weighted by Gasteiger charge is 2.44. The van der Waals surface area contributed by atoms with E-state index < -0.39 is 53.0 Å². The van der Waals surface area contributed by atoms with Crippen LogP contribution in [0.15, 0.2) is 36.9 Å². The molecule has 1 aliphatic rings. The summed E-state index contributed by atoms with van der Waals surface area (Å²) in [6, 6.07) is 5.41. The molecule has 3 aromatic rings. The van der Waals surface area contributed by atoms with Crippen LogP contribution < -0.4 is 15.2 Å². The van der Waals surface area contributed by atoms with Gasteiger partial charge in [0.25, 0.3) is 5.91 Å². The van der Waals surface area contributed by atoms with Gasteiger partial charge in [0.2, 0.25) is 0 Å². The molecule has 2 aromatic heterocycles. The zero-order valence-corrected chi connectivity index (χ0v) is 22.6. The molecule has 16 heteroatoms. The van der Waals surface area contributed by atoms with Gasteiger partial charge in [0.15, 0.2) is 17.7 Å². The number of nitrogens with two attached hydrogens (primary N) is 1. The molecule has 39 heavy (non-hydrogen) atoms. The fraction of sp³-hybridized carbons (Fsp3) is 0.478. The molecule has 7 N–H and O–H groups in total. The molecule has 1 aliphatic heterocycles. The van der Waals surface area contributed by atoms with Gasteiger partial charge in [-0.3, -0.25) is 9.36 Å². The van der Waals surface area contributed by atoms with Crippen LogP contribution >= 0.6 is 0 Å². The van der Waals surface area contributed by atoms with Gasteiger partial charge in [-0.05, 0) is 31.8 Å². The van der Waals surface area contributed by atoms with E-state index in [4.69, 9.17) is 10.5 Å². The highest BCUT2D eigenvalue weighted by atomic mass is 32.2. The van der Waals surface area contributed by atoms with Crippen molar-refractivity contribution in [1.29, 1.82) is 0 Å². The molecule has 0 radical (unpaired) electrons. The first-order chi connectivity index (χ1) is 18.5. The Labute approximate surface area is 225 Å². The first-order valence-electron chi connectivity index (χ1n) is 12.3. The molecular weight excluding hydrogens is 532 g/mol. The minimum absolute atomic E-state index is 0.117. The van der Waals surface area contributed by atoms with Crippen molar-refractivity contribution in [2.45, 2.75) is 45.3 Å². The van der Waals surface area contributed by atoms with E-state index >= 15 is 0 Å². The molecule has 4 rings (SSSR count). The number of rotatable bonds is 9. The molecule has 1 saturated heterocycles. The Morgan fingerprint density at radius 2 is 1.77 bits per heavy atom. The highest BCUT2D eigenvalue weighted by Crippen LogP contribution is 2.31. The van der Waals surface area contributed by atoms with Crippen molar-refractivity contribution in [3.05, 3.63) is 42.5 Å². The first kappa shape index (κ1) is 30.1. The molecule has 1 fully saturated rings. The zero-order valence-electron chi connectivity index (χ0n) is 21.8. The van der Waals surface area contributed by atoms with Crippen molar-refractivity contribution in [3.8, 4) is 5.75 Å². The van der Waals surface area contributed by atoms with Gasteiger partial charge in [-0.2, -0.15) is 13.1 Å². The van der Waals surface area contributed by atoms with Crippen LogP contribution in [-0.2, 0) is 14.9 Å². The van der Waals surface area contributed by atoms with Crippen LogP contribution in [0.3, 0.4) is 0 Å². The van der Waals surface area contributed by atoms with E-state index in [1.165, 1.54) is 61.1 Å². The Kier molecular flexibility index (Phi) is 10.1. The van der Waals surface area contributed by atoms with Crippen molar-refractivity contribution >= 4 is 33.1 Å². The van der Waals surface area contributed by atoms with Crippen LogP contribution in [0.4, 0.5) is 5.82 Å².